The minimum Gasteiger partial charge on any atom is -0.392 e. The summed E-state index contributed by atoms with van der Waals surface area (Å²) in [5.41, 5.74) is 1.64. The number of nitrogens with zero attached hydrogens (tertiary/aromatic N) is 2. The van der Waals surface area contributed by atoms with Gasteiger partial charge in [0.05, 0.1) is 39.2 Å². The van der Waals surface area contributed by atoms with Crippen molar-refractivity contribution in [3.05, 3.63) is 92.9 Å². The zero-order chi connectivity index (χ0) is 27.4. The molecule has 1 aliphatic rings. The zero-order valence-corrected chi connectivity index (χ0v) is 23.7. The number of halogens is 3. The van der Waals surface area contributed by atoms with Crippen LogP contribution in [0, 0.1) is 0 Å². The van der Waals surface area contributed by atoms with Gasteiger partial charge in [-0.25, -0.2) is 8.42 Å². The van der Waals surface area contributed by atoms with Gasteiger partial charge in [0, 0.05) is 31.7 Å². The van der Waals surface area contributed by atoms with E-state index in [1.165, 1.54) is 24.3 Å². The predicted octanol–water partition coefficient (Wildman–Crippen LogP) is 5.26. The Hall–Kier alpha value is -2.33. The Morgan fingerprint density at radius 2 is 1.82 bits per heavy atom. The maximum atomic E-state index is 13.6. The Morgan fingerprint density at radius 1 is 1.08 bits per heavy atom. The number of likely N-dealkylation sites (N-methyl/N-ethyl adjacent to an activating group) is 1. The summed E-state index contributed by atoms with van der Waals surface area (Å²) in [5, 5.41) is 10.7. The van der Waals surface area contributed by atoms with Crippen LogP contribution in [0.2, 0.25) is 15.1 Å². The molecule has 1 heterocycles. The molecule has 1 saturated heterocycles. The predicted molar refractivity (Wildman–Crippen MR) is 151 cm³/mol. The smallest absolute Gasteiger partial charge is 0.261 e. The third kappa shape index (κ3) is 7.00. The number of likely N-dealkylation sites (tertiary alicyclic amines) is 1. The first-order chi connectivity index (χ1) is 18.0. The van der Waals surface area contributed by atoms with Crippen molar-refractivity contribution in [3.8, 4) is 0 Å². The first-order valence-electron chi connectivity index (χ1n) is 12.0. The molecule has 4 rings (SSSR count). The van der Waals surface area contributed by atoms with Crippen molar-refractivity contribution in [2.24, 2.45) is 0 Å². The third-order valence-corrected chi connectivity index (χ3v) is 8.92. The minimum atomic E-state index is -4.02. The molecule has 0 aliphatic carbocycles. The van der Waals surface area contributed by atoms with Crippen molar-refractivity contribution in [2.45, 2.75) is 29.9 Å². The summed E-state index contributed by atoms with van der Waals surface area (Å²) in [5.74, 6) is -0.212. The van der Waals surface area contributed by atoms with Crippen LogP contribution in [0.4, 0.5) is 5.69 Å². The largest absolute Gasteiger partial charge is 0.392 e. The van der Waals surface area contributed by atoms with Crippen molar-refractivity contribution in [1.29, 1.82) is 0 Å². The molecule has 38 heavy (non-hydrogen) atoms. The van der Waals surface area contributed by atoms with E-state index in [0.29, 0.717) is 30.1 Å². The molecule has 1 aliphatic heterocycles. The SMILES string of the molecule is CN(C(=O)Cc1cc(Cl)ccc1NS(=O)(=O)c1ccc(Cl)c(Cl)c1)[C@H](CN1CC[C@H](O)C1)c1ccccc1. The van der Waals surface area contributed by atoms with Gasteiger partial charge in [-0.3, -0.25) is 14.4 Å². The Bertz CT molecular complexity index is 1410. The highest BCUT2D eigenvalue weighted by Gasteiger charge is 2.29. The van der Waals surface area contributed by atoms with Crippen LogP contribution in [0.5, 0.6) is 0 Å². The number of carbonyl (C=O) groups excluding carboxylic acids is 1. The Kier molecular flexibility index (Phi) is 9.23. The second kappa shape index (κ2) is 12.2. The number of aliphatic hydroxyl groups is 1. The third-order valence-electron chi connectivity index (χ3n) is 6.58. The Morgan fingerprint density at radius 3 is 2.47 bits per heavy atom. The number of hydrogen-bond acceptors (Lipinski definition) is 5. The van der Waals surface area contributed by atoms with Crippen LogP contribution in [-0.2, 0) is 21.2 Å². The number of benzene rings is 3. The van der Waals surface area contributed by atoms with E-state index in [1.54, 1.807) is 24.1 Å². The zero-order valence-electron chi connectivity index (χ0n) is 20.6. The summed E-state index contributed by atoms with van der Waals surface area (Å²) >= 11 is 18.2. The standard InChI is InChI=1S/C27H28Cl3N3O4S/c1-32(26(18-5-3-2-4-6-18)17-33-12-11-21(34)16-33)27(35)14-19-13-20(28)7-10-25(19)31-38(36,37)22-8-9-23(29)24(30)15-22/h2-10,13,15,21,26,31,34H,11-12,14,16-17H2,1H3/t21-,26+/m0/s1. The van der Waals surface area contributed by atoms with E-state index in [1.807, 2.05) is 30.3 Å². The van der Waals surface area contributed by atoms with Gasteiger partial charge in [0.1, 0.15) is 0 Å². The number of sulfonamides is 1. The molecule has 2 N–H and O–H groups in total. The van der Waals surface area contributed by atoms with E-state index in [0.717, 1.165) is 12.1 Å². The second-order valence-corrected chi connectivity index (χ2v) is 12.2. The van der Waals surface area contributed by atoms with Crippen LogP contribution in [0.1, 0.15) is 23.6 Å². The van der Waals surface area contributed by atoms with Gasteiger partial charge in [-0.05, 0) is 53.9 Å². The summed E-state index contributed by atoms with van der Waals surface area (Å²) in [4.78, 5) is 17.3. The van der Waals surface area contributed by atoms with Gasteiger partial charge in [0.25, 0.3) is 10.0 Å². The first-order valence-corrected chi connectivity index (χ1v) is 14.6. The highest BCUT2D eigenvalue weighted by Crippen LogP contribution is 2.29. The number of β-amino-alcohol motifs (C(OH)–C–C–N with tert-alkyl or cyclic N) is 1. The van der Waals surface area contributed by atoms with E-state index in [9.17, 15) is 18.3 Å². The average Bonchev–Trinajstić information content (AvgIpc) is 3.30. The van der Waals surface area contributed by atoms with Crippen molar-refractivity contribution in [2.75, 3.05) is 31.4 Å². The number of nitrogens with one attached hydrogen (secondary N) is 1. The van der Waals surface area contributed by atoms with Crippen molar-refractivity contribution >= 4 is 56.4 Å². The molecule has 202 valence electrons. The summed E-state index contributed by atoms with van der Waals surface area (Å²) in [6.45, 7) is 1.87. The molecule has 0 saturated carbocycles. The normalized spacial score (nSPS) is 16.8. The van der Waals surface area contributed by atoms with Crippen molar-refractivity contribution < 1.29 is 18.3 Å². The first kappa shape index (κ1) is 28.7. The van der Waals surface area contributed by atoms with Crippen LogP contribution in [0.15, 0.2) is 71.6 Å². The molecule has 0 bridgehead atoms. The molecule has 3 aromatic carbocycles. The maximum Gasteiger partial charge on any atom is 0.261 e. The van der Waals surface area contributed by atoms with Gasteiger partial charge in [0.2, 0.25) is 5.91 Å². The molecule has 7 nitrogen and oxygen atoms in total. The molecule has 0 unspecified atom stereocenters. The fourth-order valence-electron chi connectivity index (χ4n) is 4.47. The number of carbonyl (C=O) groups is 1. The number of anilines is 1. The summed E-state index contributed by atoms with van der Waals surface area (Å²) in [7, 11) is -2.28. The van der Waals surface area contributed by atoms with Crippen LogP contribution in [0.3, 0.4) is 0 Å². The maximum absolute atomic E-state index is 13.6. The molecular formula is C27H28Cl3N3O4S. The molecule has 2 atom stereocenters. The summed E-state index contributed by atoms with van der Waals surface area (Å²) < 4.78 is 28.7. The lowest BCUT2D eigenvalue weighted by Gasteiger charge is -2.32. The lowest BCUT2D eigenvalue weighted by Crippen LogP contribution is -2.39. The minimum absolute atomic E-state index is 0.0619. The number of hydrogen-bond donors (Lipinski definition) is 2. The molecule has 0 radical (unpaired) electrons. The van der Waals surface area contributed by atoms with Crippen LogP contribution < -0.4 is 4.72 Å². The topological polar surface area (TPSA) is 90.0 Å². The molecule has 0 aromatic heterocycles. The molecule has 1 fully saturated rings. The van der Waals surface area contributed by atoms with E-state index in [2.05, 4.69) is 9.62 Å². The van der Waals surface area contributed by atoms with Crippen molar-refractivity contribution in [1.82, 2.24) is 9.80 Å². The van der Waals surface area contributed by atoms with E-state index >= 15 is 0 Å². The number of aliphatic hydroxyl groups excluding tert-OH is 1. The second-order valence-electron chi connectivity index (χ2n) is 9.29. The number of rotatable bonds is 9. The molecular weight excluding hydrogens is 569 g/mol. The lowest BCUT2D eigenvalue weighted by atomic mass is 10.0. The average molecular weight is 597 g/mol. The highest BCUT2D eigenvalue weighted by molar-refractivity contribution is 7.92. The van der Waals surface area contributed by atoms with E-state index in [-0.39, 0.29) is 45.1 Å². The van der Waals surface area contributed by atoms with Crippen LogP contribution >= 0.6 is 34.8 Å². The van der Waals surface area contributed by atoms with Crippen LogP contribution in [-0.4, -0.2) is 62.0 Å². The van der Waals surface area contributed by atoms with Gasteiger partial charge in [-0.2, -0.15) is 0 Å². The summed E-state index contributed by atoms with van der Waals surface area (Å²) in [6.07, 6.45) is 0.247. The Labute approximate surface area is 238 Å². The fraction of sp³-hybridized carbons (Fsp3) is 0.296. The van der Waals surface area contributed by atoms with Gasteiger partial charge >= 0.3 is 0 Å². The summed E-state index contributed by atoms with van der Waals surface area (Å²) in [6, 6.07) is 18.1. The molecule has 11 heteroatoms. The van der Waals surface area contributed by atoms with Gasteiger partial charge in [-0.15, -0.1) is 0 Å². The Balaban J connectivity index is 1.57. The van der Waals surface area contributed by atoms with Gasteiger partial charge < -0.3 is 10.0 Å². The molecule has 1 amide bonds. The van der Waals surface area contributed by atoms with Gasteiger partial charge in [0.15, 0.2) is 0 Å². The van der Waals surface area contributed by atoms with E-state index < -0.39 is 10.0 Å². The van der Waals surface area contributed by atoms with Crippen molar-refractivity contribution in [3.63, 3.8) is 0 Å². The molecule has 0 spiro atoms. The quantitative estimate of drug-likeness (QED) is 0.352. The van der Waals surface area contributed by atoms with Crippen LogP contribution in [0.25, 0.3) is 0 Å². The monoisotopic (exact) mass is 595 g/mol. The van der Waals surface area contributed by atoms with Gasteiger partial charge in [-0.1, -0.05) is 65.1 Å². The highest BCUT2D eigenvalue weighted by atomic mass is 35.5. The fourth-order valence-corrected chi connectivity index (χ4v) is 6.15. The van der Waals surface area contributed by atoms with E-state index in [4.69, 9.17) is 34.8 Å². The number of amides is 1. The lowest BCUT2D eigenvalue weighted by molar-refractivity contribution is -0.131. The molecule has 3 aromatic rings.